The first-order valence-electron chi connectivity index (χ1n) is 7.28. The summed E-state index contributed by atoms with van der Waals surface area (Å²) >= 11 is 0. The van der Waals surface area contributed by atoms with Gasteiger partial charge in [-0.05, 0) is 43.4 Å². The van der Waals surface area contributed by atoms with Crippen LogP contribution in [0.2, 0.25) is 0 Å². The van der Waals surface area contributed by atoms with Gasteiger partial charge in [-0.3, -0.25) is 9.59 Å². The van der Waals surface area contributed by atoms with Crippen molar-refractivity contribution in [3.63, 3.8) is 0 Å². The van der Waals surface area contributed by atoms with Gasteiger partial charge in [0.05, 0.1) is 6.42 Å². The highest BCUT2D eigenvalue weighted by Gasteiger charge is 2.28. The summed E-state index contributed by atoms with van der Waals surface area (Å²) in [5.74, 6) is 0.770. The van der Waals surface area contributed by atoms with Gasteiger partial charge in [0.15, 0.2) is 0 Å². The van der Waals surface area contributed by atoms with Crippen LogP contribution in [0.4, 0.5) is 5.69 Å². The lowest BCUT2D eigenvalue weighted by molar-refractivity contribution is -0.115. The zero-order valence-electron chi connectivity index (χ0n) is 12.0. The molecule has 3 rings (SSSR count). The highest BCUT2D eigenvalue weighted by molar-refractivity contribution is 6.02. The van der Waals surface area contributed by atoms with Crippen molar-refractivity contribution in [1.29, 1.82) is 0 Å². The van der Waals surface area contributed by atoms with E-state index in [0.29, 0.717) is 17.9 Å². The van der Waals surface area contributed by atoms with Crippen LogP contribution in [0.5, 0.6) is 0 Å². The monoisotopic (exact) mass is 272 g/mol. The third kappa shape index (κ3) is 2.30. The van der Waals surface area contributed by atoms with E-state index in [1.165, 1.54) is 0 Å². The van der Waals surface area contributed by atoms with Gasteiger partial charge in [-0.25, -0.2) is 0 Å². The summed E-state index contributed by atoms with van der Waals surface area (Å²) in [7, 11) is 0. The highest BCUT2D eigenvalue weighted by Crippen LogP contribution is 2.27. The summed E-state index contributed by atoms with van der Waals surface area (Å²) in [6.45, 7) is 5.18. The van der Waals surface area contributed by atoms with Crippen LogP contribution < -0.4 is 5.32 Å². The third-order valence-corrected chi connectivity index (χ3v) is 4.38. The largest absolute Gasteiger partial charge is 0.336 e. The maximum absolute atomic E-state index is 12.6. The number of amides is 2. The number of likely N-dealkylation sites (tertiary alicyclic amines) is 1. The van der Waals surface area contributed by atoms with Gasteiger partial charge in [0.2, 0.25) is 5.91 Å². The van der Waals surface area contributed by atoms with Gasteiger partial charge < -0.3 is 10.2 Å². The Morgan fingerprint density at radius 2 is 2.15 bits per heavy atom. The number of anilines is 1. The number of nitrogens with zero attached hydrogens (tertiary/aromatic N) is 1. The Morgan fingerprint density at radius 3 is 2.90 bits per heavy atom. The van der Waals surface area contributed by atoms with E-state index in [-0.39, 0.29) is 17.9 Å². The molecule has 1 N–H and O–H groups in total. The number of carbonyl (C=O) groups is 2. The molecule has 1 aromatic rings. The topological polar surface area (TPSA) is 49.4 Å². The molecule has 0 radical (unpaired) electrons. The smallest absolute Gasteiger partial charge is 0.254 e. The van der Waals surface area contributed by atoms with E-state index in [4.69, 9.17) is 0 Å². The molecule has 2 amide bonds. The third-order valence-electron chi connectivity index (χ3n) is 4.38. The van der Waals surface area contributed by atoms with Gasteiger partial charge in [-0.15, -0.1) is 0 Å². The first-order chi connectivity index (χ1) is 9.54. The summed E-state index contributed by atoms with van der Waals surface area (Å²) in [6, 6.07) is 5.83. The Bertz CT molecular complexity index is 568. The van der Waals surface area contributed by atoms with Crippen LogP contribution in [0.25, 0.3) is 0 Å². The molecule has 1 aromatic carbocycles. The Balaban J connectivity index is 1.81. The van der Waals surface area contributed by atoms with Crippen LogP contribution in [0, 0.1) is 5.92 Å². The second-order valence-electron chi connectivity index (χ2n) is 6.07. The van der Waals surface area contributed by atoms with Crippen LogP contribution in [0.1, 0.15) is 42.6 Å². The van der Waals surface area contributed by atoms with E-state index in [2.05, 4.69) is 19.2 Å². The summed E-state index contributed by atoms with van der Waals surface area (Å²) in [5.41, 5.74) is 2.44. The van der Waals surface area contributed by atoms with Gasteiger partial charge in [0, 0.05) is 23.8 Å². The molecule has 2 atom stereocenters. The Kier molecular flexibility index (Phi) is 3.24. The number of hydrogen-bond acceptors (Lipinski definition) is 2. The Morgan fingerprint density at radius 1 is 1.35 bits per heavy atom. The molecule has 2 aliphatic heterocycles. The molecular weight excluding hydrogens is 252 g/mol. The standard InChI is InChI=1S/C16H20N2O2/c1-10-5-6-18(11(2)7-10)16(20)13-4-3-12-9-15(19)17-14(12)8-13/h3-4,8,10-11H,5-7,9H2,1-2H3,(H,17,19). The van der Waals surface area contributed by atoms with Crippen molar-refractivity contribution in [3.05, 3.63) is 29.3 Å². The van der Waals surface area contributed by atoms with Crippen LogP contribution in [-0.2, 0) is 11.2 Å². The van der Waals surface area contributed by atoms with E-state index in [1.807, 2.05) is 23.1 Å². The number of fused-ring (bicyclic) bond motifs is 1. The molecule has 0 aromatic heterocycles. The van der Waals surface area contributed by atoms with Gasteiger partial charge in [0.1, 0.15) is 0 Å². The summed E-state index contributed by atoms with van der Waals surface area (Å²) < 4.78 is 0. The normalized spacial score (nSPS) is 25.3. The van der Waals surface area contributed by atoms with Crippen molar-refractivity contribution in [1.82, 2.24) is 4.90 Å². The molecule has 2 unspecified atom stereocenters. The van der Waals surface area contributed by atoms with E-state index in [0.717, 1.165) is 30.6 Å². The molecular formula is C16H20N2O2. The molecule has 2 aliphatic rings. The molecule has 4 nitrogen and oxygen atoms in total. The summed E-state index contributed by atoms with van der Waals surface area (Å²) in [5, 5.41) is 2.80. The quantitative estimate of drug-likeness (QED) is 0.853. The average molecular weight is 272 g/mol. The van der Waals surface area contributed by atoms with Gasteiger partial charge >= 0.3 is 0 Å². The minimum absolute atomic E-state index is 0.00441. The van der Waals surface area contributed by atoms with Crippen LogP contribution in [0.15, 0.2) is 18.2 Å². The second kappa shape index (κ2) is 4.93. The van der Waals surface area contributed by atoms with E-state index in [1.54, 1.807) is 0 Å². The molecule has 2 heterocycles. The number of rotatable bonds is 1. The molecule has 1 fully saturated rings. The van der Waals surface area contributed by atoms with Crippen LogP contribution in [0.3, 0.4) is 0 Å². The van der Waals surface area contributed by atoms with Crippen LogP contribution in [-0.4, -0.2) is 29.3 Å². The van der Waals surface area contributed by atoms with Gasteiger partial charge in [0.25, 0.3) is 5.91 Å². The van der Waals surface area contributed by atoms with E-state index >= 15 is 0 Å². The minimum atomic E-state index is 0.00441. The number of piperidine rings is 1. The average Bonchev–Trinajstić information content (AvgIpc) is 2.77. The zero-order valence-corrected chi connectivity index (χ0v) is 12.0. The molecule has 0 saturated carbocycles. The first kappa shape index (κ1) is 13.2. The van der Waals surface area contributed by atoms with E-state index < -0.39 is 0 Å². The SMILES string of the molecule is CC1CCN(C(=O)c2ccc3c(c2)NC(=O)C3)C(C)C1. The van der Waals surface area contributed by atoms with Crippen molar-refractivity contribution in [2.24, 2.45) is 5.92 Å². The number of hydrogen-bond donors (Lipinski definition) is 1. The van der Waals surface area contributed by atoms with Crippen molar-refractivity contribution < 1.29 is 9.59 Å². The number of carbonyl (C=O) groups excluding carboxylic acids is 2. The molecule has 20 heavy (non-hydrogen) atoms. The van der Waals surface area contributed by atoms with Crippen molar-refractivity contribution in [2.75, 3.05) is 11.9 Å². The summed E-state index contributed by atoms with van der Waals surface area (Å²) in [6.07, 6.45) is 2.55. The fraction of sp³-hybridized carbons (Fsp3) is 0.500. The van der Waals surface area contributed by atoms with Crippen molar-refractivity contribution >= 4 is 17.5 Å². The zero-order chi connectivity index (χ0) is 14.3. The fourth-order valence-corrected chi connectivity index (χ4v) is 3.22. The van der Waals surface area contributed by atoms with Crippen molar-refractivity contribution in [3.8, 4) is 0 Å². The molecule has 0 spiro atoms. The lowest BCUT2D eigenvalue weighted by Crippen LogP contribution is -2.44. The van der Waals surface area contributed by atoms with Crippen LogP contribution >= 0.6 is 0 Å². The fourth-order valence-electron chi connectivity index (χ4n) is 3.22. The molecule has 1 saturated heterocycles. The maximum Gasteiger partial charge on any atom is 0.254 e. The lowest BCUT2D eigenvalue weighted by atomic mass is 9.92. The molecule has 0 bridgehead atoms. The Labute approximate surface area is 119 Å². The molecule has 0 aliphatic carbocycles. The molecule has 106 valence electrons. The summed E-state index contributed by atoms with van der Waals surface area (Å²) in [4.78, 5) is 25.9. The van der Waals surface area contributed by atoms with Gasteiger partial charge in [-0.1, -0.05) is 13.0 Å². The van der Waals surface area contributed by atoms with Gasteiger partial charge in [-0.2, -0.15) is 0 Å². The van der Waals surface area contributed by atoms with Crippen molar-refractivity contribution in [2.45, 2.75) is 39.2 Å². The number of nitrogens with one attached hydrogen (secondary N) is 1. The Hall–Kier alpha value is -1.84. The second-order valence-corrected chi connectivity index (χ2v) is 6.07. The minimum Gasteiger partial charge on any atom is -0.336 e. The lowest BCUT2D eigenvalue weighted by Gasteiger charge is -2.36. The van der Waals surface area contributed by atoms with E-state index in [9.17, 15) is 9.59 Å². The number of benzene rings is 1. The maximum atomic E-state index is 12.6. The highest BCUT2D eigenvalue weighted by atomic mass is 16.2. The predicted molar refractivity (Wildman–Crippen MR) is 77.7 cm³/mol. The predicted octanol–water partition coefficient (Wildman–Crippen LogP) is 2.44. The first-order valence-corrected chi connectivity index (χ1v) is 7.28. The molecule has 4 heteroatoms.